The Bertz CT molecular complexity index is 110. The average molecular weight is 196 g/mol. The van der Waals surface area contributed by atoms with Crippen molar-refractivity contribution < 1.29 is 9.90 Å². The molecule has 1 N–H and O–H groups in total. The van der Waals surface area contributed by atoms with Crippen LogP contribution in [-0.2, 0) is 4.79 Å². The molecule has 0 aromatic carbocycles. The second-order valence-corrected chi connectivity index (χ2v) is 2.88. The number of carbonyl (C=O) groups is 1. The lowest BCUT2D eigenvalue weighted by molar-refractivity contribution is -0.134. The van der Waals surface area contributed by atoms with E-state index in [0.717, 1.165) is 6.92 Å². The summed E-state index contributed by atoms with van der Waals surface area (Å²) in [5.74, 6) is -0.833. The largest absolute Gasteiger partial charge is 0.481 e. The van der Waals surface area contributed by atoms with Crippen LogP contribution < -0.4 is 0 Å². The molecule has 3 nitrogen and oxygen atoms in total. The van der Waals surface area contributed by atoms with E-state index in [0.29, 0.717) is 0 Å². The molecule has 0 unspecified atom stereocenters. The topological polar surface area (TPSA) is 40.5 Å². The van der Waals surface area contributed by atoms with Crippen molar-refractivity contribution in [1.82, 2.24) is 4.90 Å². The lowest BCUT2D eigenvalue weighted by Crippen LogP contribution is -2.24. The summed E-state index contributed by atoms with van der Waals surface area (Å²) in [6, 6.07) is 0. The van der Waals surface area contributed by atoms with Gasteiger partial charge in [-0.2, -0.15) is 0 Å². The van der Waals surface area contributed by atoms with E-state index in [2.05, 4.69) is 11.9 Å². The zero-order chi connectivity index (χ0) is 8.69. The van der Waals surface area contributed by atoms with Gasteiger partial charge in [-0.1, -0.05) is 6.42 Å². The summed E-state index contributed by atoms with van der Waals surface area (Å²) >= 11 is 0. The highest BCUT2D eigenvalue weighted by Gasteiger charge is 2.02. The summed E-state index contributed by atoms with van der Waals surface area (Å²) < 4.78 is 0. The molecule has 0 radical (unpaired) electrons. The number of likely N-dealkylation sites (tertiary alicyclic amines) is 1. The van der Waals surface area contributed by atoms with Gasteiger partial charge >= 0.3 is 0 Å². The fourth-order valence-corrected chi connectivity index (χ4v) is 1.05. The van der Waals surface area contributed by atoms with Gasteiger partial charge in [0, 0.05) is 6.92 Å². The molecule has 0 spiro atoms. The molecule has 0 saturated carbocycles. The summed E-state index contributed by atoms with van der Waals surface area (Å²) in [6.07, 6.45) is 4.28. The van der Waals surface area contributed by atoms with E-state index in [1.54, 1.807) is 0 Å². The first kappa shape index (κ1) is 14.3. The van der Waals surface area contributed by atoms with Crippen molar-refractivity contribution >= 4 is 18.4 Å². The Labute approximate surface area is 80.2 Å². The first-order valence-electron chi connectivity index (χ1n) is 4.01. The molecule has 4 heteroatoms. The Hall–Kier alpha value is -0.280. The fourth-order valence-electron chi connectivity index (χ4n) is 1.05. The van der Waals surface area contributed by atoms with Crippen molar-refractivity contribution in [3.05, 3.63) is 0 Å². The third-order valence-electron chi connectivity index (χ3n) is 1.58. The average Bonchev–Trinajstić information content (AvgIpc) is 1.87. The van der Waals surface area contributed by atoms with Crippen LogP contribution in [0.2, 0.25) is 0 Å². The highest BCUT2D eigenvalue weighted by molar-refractivity contribution is 5.85. The van der Waals surface area contributed by atoms with E-state index in [9.17, 15) is 0 Å². The zero-order valence-corrected chi connectivity index (χ0v) is 8.56. The summed E-state index contributed by atoms with van der Waals surface area (Å²) in [5, 5.41) is 7.42. The standard InChI is InChI=1S/C6H13N.C2H4O2.ClH/c1-7-5-3-2-4-6-7;1-2(3)4;/h2-6H2,1H3;1H3,(H,3,4);1H. The summed E-state index contributed by atoms with van der Waals surface area (Å²) in [7, 11) is 2.19. The zero-order valence-electron chi connectivity index (χ0n) is 7.75. The molecule has 0 bridgehead atoms. The molecule has 0 aromatic heterocycles. The van der Waals surface area contributed by atoms with Gasteiger partial charge in [0.15, 0.2) is 0 Å². The first-order chi connectivity index (χ1) is 5.13. The number of piperidine rings is 1. The number of hydrogen-bond acceptors (Lipinski definition) is 2. The molecule has 0 amide bonds. The predicted molar refractivity (Wildman–Crippen MR) is 51.9 cm³/mol. The molecule has 1 fully saturated rings. The van der Waals surface area contributed by atoms with Crippen molar-refractivity contribution in [1.29, 1.82) is 0 Å². The molecule has 1 aliphatic rings. The van der Waals surface area contributed by atoms with E-state index in [-0.39, 0.29) is 12.4 Å². The van der Waals surface area contributed by atoms with Crippen molar-refractivity contribution in [2.24, 2.45) is 0 Å². The number of rotatable bonds is 0. The molecule has 0 aliphatic carbocycles. The van der Waals surface area contributed by atoms with Gasteiger partial charge in [0.25, 0.3) is 5.97 Å². The monoisotopic (exact) mass is 195 g/mol. The van der Waals surface area contributed by atoms with Crippen LogP contribution in [0.5, 0.6) is 0 Å². The Kier molecular flexibility index (Phi) is 10.5. The number of hydrogen-bond donors (Lipinski definition) is 1. The predicted octanol–water partition coefficient (Wildman–Crippen LogP) is 1.61. The van der Waals surface area contributed by atoms with Gasteiger partial charge in [-0.3, -0.25) is 4.79 Å². The number of aliphatic carboxylic acids is 1. The number of carboxylic acids is 1. The minimum absolute atomic E-state index is 0. The molecule has 0 atom stereocenters. The molecular formula is C8H18ClNO2. The number of halogens is 1. The van der Waals surface area contributed by atoms with Gasteiger partial charge in [0.05, 0.1) is 0 Å². The molecule has 1 rings (SSSR count). The normalized spacial score (nSPS) is 16.8. The van der Waals surface area contributed by atoms with E-state index < -0.39 is 5.97 Å². The lowest BCUT2D eigenvalue weighted by atomic mass is 10.1. The summed E-state index contributed by atoms with van der Waals surface area (Å²) in [5.41, 5.74) is 0. The van der Waals surface area contributed by atoms with Gasteiger partial charge in [-0.05, 0) is 33.0 Å². The minimum Gasteiger partial charge on any atom is -0.481 e. The maximum Gasteiger partial charge on any atom is 0.300 e. The number of carboxylic acid groups (broad SMARTS) is 1. The lowest BCUT2D eigenvalue weighted by Gasteiger charge is -2.20. The van der Waals surface area contributed by atoms with Crippen LogP contribution in [0.15, 0.2) is 0 Å². The van der Waals surface area contributed by atoms with Crippen LogP contribution in [0, 0.1) is 0 Å². The second-order valence-electron chi connectivity index (χ2n) is 2.88. The van der Waals surface area contributed by atoms with Gasteiger partial charge in [0.2, 0.25) is 0 Å². The van der Waals surface area contributed by atoms with E-state index in [4.69, 9.17) is 9.90 Å². The van der Waals surface area contributed by atoms with E-state index >= 15 is 0 Å². The Morgan fingerprint density at radius 2 is 1.58 bits per heavy atom. The molecule has 0 aromatic rings. The van der Waals surface area contributed by atoms with Gasteiger partial charge in [-0.15, -0.1) is 12.4 Å². The van der Waals surface area contributed by atoms with Gasteiger partial charge in [0.1, 0.15) is 0 Å². The van der Waals surface area contributed by atoms with Crippen LogP contribution in [0.3, 0.4) is 0 Å². The van der Waals surface area contributed by atoms with Crippen molar-refractivity contribution in [2.75, 3.05) is 20.1 Å². The van der Waals surface area contributed by atoms with Crippen LogP contribution in [0.4, 0.5) is 0 Å². The van der Waals surface area contributed by atoms with Crippen LogP contribution in [0.1, 0.15) is 26.2 Å². The third kappa shape index (κ3) is 12.4. The molecule has 74 valence electrons. The SMILES string of the molecule is CC(=O)O.CN1CCCCC1.Cl. The Balaban J connectivity index is 0. The summed E-state index contributed by atoms with van der Waals surface area (Å²) in [4.78, 5) is 11.4. The van der Waals surface area contributed by atoms with Crippen LogP contribution in [-0.4, -0.2) is 36.1 Å². The Morgan fingerprint density at radius 1 is 1.25 bits per heavy atom. The highest BCUT2D eigenvalue weighted by Crippen LogP contribution is 2.04. The third-order valence-corrected chi connectivity index (χ3v) is 1.58. The van der Waals surface area contributed by atoms with E-state index in [1.807, 2.05) is 0 Å². The highest BCUT2D eigenvalue weighted by atomic mass is 35.5. The molecule has 12 heavy (non-hydrogen) atoms. The van der Waals surface area contributed by atoms with Gasteiger partial charge in [-0.25, -0.2) is 0 Å². The molecule has 1 saturated heterocycles. The van der Waals surface area contributed by atoms with Crippen molar-refractivity contribution in [3.63, 3.8) is 0 Å². The minimum atomic E-state index is -0.833. The van der Waals surface area contributed by atoms with Crippen molar-refractivity contribution in [3.8, 4) is 0 Å². The quantitative estimate of drug-likeness (QED) is 0.639. The molecule has 1 aliphatic heterocycles. The van der Waals surface area contributed by atoms with Crippen molar-refractivity contribution in [2.45, 2.75) is 26.2 Å². The van der Waals surface area contributed by atoms with Crippen LogP contribution >= 0.6 is 12.4 Å². The Morgan fingerprint density at radius 3 is 1.75 bits per heavy atom. The summed E-state index contributed by atoms with van der Waals surface area (Å²) in [6.45, 7) is 3.72. The fraction of sp³-hybridized carbons (Fsp3) is 0.875. The molecule has 1 heterocycles. The van der Waals surface area contributed by atoms with Crippen LogP contribution in [0.25, 0.3) is 0 Å². The molecular weight excluding hydrogens is 178 g/mol. The maximum absolute atomic E-state index is 9.00. The smallest absolute Gasteiger partial charge is 0.300 e. The van der Waals surface area contributed by atoms with E-state index in [1.165, 1.54) is 32.4 Å². The maximum atomic E-state index is 9.00. The van der Waals surface area contributed by atoms with Gasteiger partial charge < -0.3 is 10.0 Å². The first-order valence-corrected chi connectivity index (χ1v) is 4.01. The second kappa shape index (κ2) is 8.81. The number of nitrogens with zero attached hydrogens (tertiary/aromatic N) is 1.